The minimum Gasteiger partial charge on any atom is -0.367 e. The summed E-state index contributed by atoms with van der Waals surface area (Å²) in [6.07, 6.45) is 9.55. The Hall–Kier alpha value is -3.54. The first-order valence-corrected chi connectivity index (χ1v) is 11.4. The molecule has 1 aliphatic rings. The molecule has 0 aromatic carbocycles. The molecule has 0 bridgehead atoms. The first kappa shape index (κ1) is 22.6. The second-order valence-corrected chi connectivity index (χ2v) is 8.60. The van der Waals surface area contributed by atoms with E-state index in [2.05, 4.69) is 46.9 Å². The molecule has 6 nitrogen and oxygen atoms in total. The molecule has 0 atom stereocenters. The van der Waals surface area contributed by atoms with Gasteiger partial charge in [-0.3, -0.25) is 19.3 Å². The quantitative estimate of drug-likeness (QED) is 0.538. The Labute approximate surface area is 195 Å². The van der Waals surface area contributed by atoms with Crippen molar-refractivity contribution in [2.75, 3.05) is 6.54 Å². The second kappa shape index (κ2) is 9.53. The third-order valence-corrected chi connectivity index (χ3v) is 6.37. The molecule has 0 aliphatic carbocycles. The number of fused-ring (bicyclic) bond motifs is 1. The predicted octanol–water partition coefficient (Wildman–Crippen LogP) is 4.69. The van der Waals surface area contributed by atoms with Crippen LogP contribution in [0.1, 0.15) is 50.0 Å². The van der Waals surface area contributed by atoms with E-state index in [0.29, 0.717) is 5.82 Å². The Bertz CT molecular complexity index is 1280. The Morgan fingerprint density at radius 3 is 2.61 bits per heavy atom. The standard InChI is InChI=1S/C27H31N5O/c1-6-7-25(19(3)20(4)27-28-12-10-26(33)31(27)5)32-13-11-24-23(17-32)14-22(16-30-24)21-9-8-18(2)29-15-21/h7-10,12,14-16H,6,11,13,17H2,1-5H3/b20-19-,25-7-. The van der Waals surface area contributed by atoms with Gasteiger partial charge in [-0.25, -0.2) is 4.98 Å². The summed E-state index contributed by atoms with van der Waals surface area (Å²) in [4.78, 5) is 28.2. The van der Waals surface area contributed by atoms with Gasteiger partial charge in [-0.05, 0) is 56.0 Å². The van der Waals surface area contributed by atoms with Gasteiger partial charge in [0.2, 0.25) is 0 Å². The molecule has 1 aliphatic heterocycles. The zero-order valence-corrected chi connectivity index (χ0v) is 20.1. The van der Waals surface area contributed by atoms with E-state index in [1.54, 1.807) is 17.8 Å². The average molecular weight is 442 g/mol. The summed E-state index contributed by atoms with van der Waals surface area (Å²) in [6, 6.07) is 7.87. The number of aromatic nitrogens is 4. The van der Waals surface area contributed by atoms with Gasteiger partial charge < -0.3 is 4.90 Å². The van der Waals surface area contributed by atoms with Gasteiger partial charge in [0.05, 0.1) is 0 Å². The van der Waals surface area contributed by atoms with Gasteiger partial charge >= 0.3 is 0 Å². The molecule has 0 radical (unpaired) electrons. The number of hydrogen-bond acceptors (Lipinski definition) is 5. The van der Waals surface area contributed by atoms with Crippen LogP contribution in [0.4, 0.5) is 0 Å². The molecule has 33 heavy (non-hydrogen) atoms. The Morgan fingerprint density at radius 2 is 1.88 bits per heavy atom. The van der Waals surface area contributed by atoms with Gasteiger partial charge in [-0.1, -0.05) is 19.1 Å². The summed E-state index contributed by atoms with van der Waals surface area (Å²) in [6.45, 7) is 10.0. The highest BCUT2D eigenvalue weighted by Gasteiger charge is 2.22. The SMILES string of the molecule is CC/C=C(/C(C)=C(/C)c1nccc(=O)n1C)N1CCc2ncc(-c3ccc(C)nc3)cc2C1. The fraction of sp³-hybridized carbons (Fsp3) is 0.333. The van der Waals surface area contributed by atoms with Crippen LogP contribution in [0.3, 0.4) is 0 Å². The van der Waals surface area contributed by atoms with Crippen molar-refractivity contribution in [2.45, 2.75) is 47.1 Å². The zero-order chi connectivity index (χ0) is 23.5. The molecular formula is C27H31N5O. The Kier molecular flexibility index (Phi) is 6.54. The molecule has 4 heterocycles. The molecule has 0 saturated carbocycles. The van der Waals surface area contributed by atoms with Gasteiger partial charge in [-0.2, -0.15) is 0 Å². The Morgan fingerprint density at radius 1 is 1.09 bits per heavy atom. The summed E-state index contributed by atoms with van der Waals surface area (Å²) in [5.41, 5.74) is 8.89. The van der Waals surface area contributed by atoms with E-state index in [4.69, 9.17) is 4.98 Å². The number of allylic oxidation sites excluding steroid dienone is 3. The molecule has 3 aromatic heterocycles. The Balaban J connectivity index is 1.68. The largest absolute Gasteiger partial charge is 0.367 e. The lowest BCUT2D eigenvalue weighted by Crippen LogP contribution is -2.31. The van der Waals surface area contributed by atoms with Crippen molar-refractivity contribution in [1.82, 2.24) is 24.4 Å². The van der Waals surface area contributed by atoms with Crippen LogP contribution in [-0.4, -0.2) is 31.0 Å². The van der Waals surface area contributed by atoms with Gasteiger partial charge in [0.1, 0.15) is 5.82 Å². The van der Waals surface area contributed by atoms with Crippen molar-refractivity contribution in [1.29, 1.82) is 0 Å². The summed E-state index contributed by atoms with van der Waals surface area (Å²) in [7, 11) is 1.77. The monoisotopic (exact) mass is 441 g/mol. The van der Waals surface area contributed by atoms with Crippen LogP contribution in [0.5, 0.6) is 0 Å². The molecule has 0 fully saturated rings. The molecule has 0 spiro atoms. The normalized spacial score (nSPS) is 14.7. The summed E-state index contributed by atoms with van der Waals surface area (Å²) < 4.78 is 1.61. The molecule has 170 valence electrons. The number of aryl methyl sites for hydroxylation is 1. The van der Waals surface area contributed by atoms with Crippen LogP contribution in [0, 0.1) is 6.92 Å². The molecule has 3 aromatic rings. The fourth-order valence-electron chi connectivity index (χ4n) is 4.32. The van der Waals surface area contributed by atoms with E-state index < -0.39 is 0 Å². The molecule has 4 rings (SSSR count). The maximum absolute atomic E-state index is 12.1. The highest BCUT2D eigenvalue weighted by molar-refractivity contribution is 5.66. The van der Waals surface area contributed by atoms with Crippen molar-refractivity contribution in [2.24, 2.45) is 7.05 Å². The topological polar surface area (TPSA) is 63.9 Å². The number of rotatable bonds is 5. The highest BCUT2D eigenvalue weighted by Crippen LogP contribution is 2.30. The predicted molar refractivity (Wildman–Crippen MR) is 132 cm³/mol. The van der Waals surface area contributed by atoms with Crippen molar-refractivity contribution in [3.8, 4) is 11.1 Å². The highest BCUT2D eigenvalue weighted by atomic mass is 16.1. The number of pyridine rings is 2. The zero-order valence-electron chi connectivity index (χ0n) is 20.1. The summed E-state index contributed by atoms with van der Waals surface area (Å²) in [5, 5.41) is 0. The van der Waals surface area contributed by atoms with Gasteiger partial charge in [0, 0.05) is 79.4 Å². The van der Waals surface area contributed by atoms with Crippen molar-refractivity contribution < 1.29 is 0 Å². The van der Waals surface area contributed by atoms with Gasteiger partial charge in [0.15, 0.2) is 0 Å². The van der Waals surface area contributed by atoms with Crippen LogP contribution in [0.15, 0.2) is 65.0 Å². The molecule has 0 N–H and O–H groups in total. The maximum atomic E-state index is 12.1. The molecule has 6 heteroatoms. The summed E-state index contributed by atoms with van der Waals surface area (Å²) >= 11 is 0. The summed E-state index contributed by atoms with van der Waals surface area (Å²) in [5.74, 6) is 0.704. The molecule has 0 unspecified atom stereocenters. The van der Waals surface area contributed by atoms with Crippen LogP contribution in [0.2, 0.25) is 0 Å². The van der Waals surface area contributed by atoms with Crippen molar-refractivity contribution in [3.63, 3.8) is 0 Å². The lowest BCUT2D eigenvalue weighted by molar-refractivity contribution is 0.324. The van der Waals surface area contributed by atoms with E-state index in [1.165, 1.54) is 17.3 Å². The molecule has 0 saturated heterocycles. The van der Waals surface area contributed by atoms with E-state index in [0.717, 1.165) is 59.6 Å². The smallest absolute Gasteiger partial charge is 0.253 e. The first-order chi connectivity index (χ1) is 15.9. The van der Waals surface area contributed by atoms with E-state index in [9.17, 15) is 4.79 Å². The number of hydrogen-bond donors (Lipinski definition) is 0. The number of nitrogens with zero attached hydrogens (tertiary/aromatic N) is 5. The van der Waals surface area contributed by atoms with Crippen molar-refractivity contribution >= 4 is 5.57 Å². The first-order valence-electron chi connectivity index (χ1n) is 11.4. The van der Waals surface area contributed by atoms with Crippen LogP contribution in [0.25, 0.3) is 16.7 Å². The third kappa shape index (κ3) is 4.65. The minimum atomic E-state index is -0.0516. The maximum Gasteiger partial charge on any atom is 0.253 e. The van der Waals surface area contributed by atoms with Crippen molar-refractivity contribution in [3.05, 3.63) is 93.3 Å². The lowest BCUT2D eigenvalue weighted by Gasteiger charge is -2.33. The van der Waals surface area contributed by atoms with E-state index in [-0.39, 0.29) is 5.56 Å². The van der Waals surface area contributed by atoms with Gasteiger partial charge in [0.25, 0.3) is 5.56 Å². The van der Waals surface area contributed by atoms with Crippen LogP contribution in [-0.2, 0) is 20.0 Å². The van der Waals surface area contributed by atoms with E-state index in [1.807, 2.05) is 32.3 Å². The lowest BCUT2D eigenvalue weighted by atomic mass is 9.98. The molecular weight excluding hydrogens is 410 g/mol. The van der Waals surface area contributed by atoms with Gasteiger partial charge in [-0.15, -0.1) is 0 Å². The minimum absolute atomic E-state index is 0.0516. The second-order valence-electron chi connectivity index (χ2n) is 8.60. The average Bonchev–Trinajstić information content (AvgIpc) is 2.83. The molecule has 0 amide bonds. The van der Waals surface area contributed by atoms with E-state index >= 15 is 0 Å². The third-order valence-electron chi connectivity index (χ3n) is 6.37. The fourth-order valence-corrected chi connectivity index (χ4v) is 4.32. The van der Waals surface area contributed by atoms with Crippen LogP contribution < -0.4 is 5.56 Å². The van der Waals surface area contributed by atoms with Crippen LogP contribution >= 0.6 is 0 Å².